The van der Waals surface area contributed by atoms with Crippen LogP contribution in [0.5, 0.6) is 17.2 Å². The molecule has 0 unspecified atom stereocenters. The second-order valence-electron chi connectivity index (χ2n) is 5.19. The van der Waals surface area contributed by atoms with Gasteiger partial charge < -0.3 is 24.8 Å². The van der Waals surface area contributed by atoms with E-state index in [1.54, 1.807) is 51.9 Å². The number of methoxy groups -OCH3 is 3. The van der Waals surface area contributed by atoms with Crippen LogP contribution in [0.3, 0.4) is 0 Å². The largest absolute Gasteiger partial charge is 0.493 e. The Labute approximate surface area is 151 Å². The number of aromatic nitrogens is 3. The van der Waals surface area contributed by atoms with Gasteiger partial charge in [-0.15, -0.1) is 0 Å². The molecule has 2 heterocycles. The Bertz CT molecular complexity index is 849. The highest BCUT2D eigenvalue weighted by Crippen LogP contribution is 2.40. The molecule has 0 saturated heterocycles. The van der Waals surface area contributed by atoms with Crippen LogP contribution in [0, 0.1) is 0 Å². The molecule has 134 valence electrons. The van der Waals surface area contributed by atoms with Gasteiger partial charge in [0.15, 0.2) is 11.5 Å². The van der Waals surface area contributed by atoms with Gasteiger partial charge in [0.1, 0.15) is 18.0 Å². The Kier molecular flexibility index (Phi) is 5.33. The number of hydrogen-bond acceptors (Lipinski definition) is 8. The number of ether oxygens (including phenoxy) is 3. The lowest BCUT2D eigenvalue weighted by Gasteiger charge is -2.15. The predicted octanol–water partition coefficient (Wildman–Crippen LogP) is 3.38. The smallest absolute Gasteiger partial charge is 0.203 e. The third kappa shape index (κ3) is 3.92. The van der Waals surface area contributed by atoms with E-state index in [1.807, 2.05) is 12.1 Å². The van der Waals surface area contributed by atoms with Crippen LogP contribution >= 0.6 is 0 Å². The van der Waals surface area contributed by atoms with Crippen molar-refractivity contribution in [1.82, 2.24) is 15.0 Å². The van der Waals surface area contributed by atoms with Gasteiger partial charge >= 0.3 is 0 Å². The second-order valence-corrected chi connectivity index (χ2v) is 5.19. The molecule has 0 aliphatic carbocycles. The van der Waals surface area contributed by atoms with Crippen molar-refractivity contribution < 1.29 is 14.2 Å². The van der Waals surface area contributed by atoms with E-state index in [9.17, 15) is 0 Å². The van der Waals surface area contributed by atoms with Gasteiger partial charge in [-0.25, -0.2) is 9.97 Å². The molecule has 0 atom stereocenters. The molecular weight excluding hydrogens is 334 g/mol. The van der Waals surface area contributed by atoms with E-state index in [2.05, 4.69) is 25.6 Å². The summed E-state index contributed by atoms with van der Waals surface area (Å²) in [6, 6.07) is 9.14. The molecule has 8 nitrogen and oxygen atoms in total. The second kappa shape index (κ2) is 8.02. The Morgan fingerprint density at radius 3 is 2.00 bits per heavy atom. The van der Waals surface area contributed by atoms with E-state index in [4.69, 9.17) is 14.2 Å². The van der Waals surface area contributed by atoms with Crippen molar-refractivity contribution >= 4 is 23.0 Å². The molecule has 8 heteroatoms. The summed E-state index contributed by atoms with van der Waals surface area (Å²) in [7, 11) is 4.71. The zero-order chi connectivity index (χ0) is 18.4. The lowest BCUT2D eigenvalue weighted by atomic mass is 10.2. The molecule has 3 aromatic rings. The van der Waals surface area contributed by atoms with Crippen LogP contribution in [0.2, 0.25) is 0 Å². The zero-order valence-electron chi connectivity index (χ0n) is 14.7. The predicted molar refractivity (Wildman–Crippen MR) is 98.9 cm³/mol. The Hall–Kier alpha value is -3.55. The molecule has 0 radical (unpaired) electrons. The van der Waals surface area contributed by atoms with Crippen LogP contribution in [-0.4, -0.2) is 36.3 Å². The third-order valence-electron chi connectivity index (χ3n) is 3.54. The molecule has 0 saturated carbocycles. The van der Waals surface area contributed by atoms with Gasteiger partial charge in [-0.1, -0.05) is 0 Å². The first-order valence-electron chi connectivity index (χ1n) is 7.79. The molecular formula is C18H19N5O3. The van der Waals surface area contributed by atoms with Crippen LogP contribution in [0.15, 0.2) is 49.1 Å². The van der Waals surface area contributed by atoms with Crippen LogP contribution in [-0.2, 0) is 0 Å². The summed E-state index contributed by atoms with van der Waals surface area (Å²) in [5.74, 6) is 2.89. The van der Waals surface area contributed by atoms with Gasteiger partial charge in [0.25, 0.3) is 0 Å². The summed E-state index contributed by atoms with van der Waals surface area (Å²) < 4.78 is 16.1. The molecule has 0 bridgehead atoms. The van der Waals surface area contributed by atoms with E-state index in [0.29, 0.717) is 28.9 Å². The van der Waals surface area contributed by atoms with Crippen molar-refractivity contribution in [3.63, 3.8) is 0 Å². The summed E-state index contributed by atoms with van der Waals surface area (Å²) in [5, 5.41) is 6.38. The first-order valence-corrected chi connectivity index (χ1v) is 7.79. The highest BCUT2D eigenvalue weighted by Gasteiger charge is 2.13. The maximum absolute atomic E-state index is 5.36. The van der Waals surface area contributed by atoms with Crippen molar-refractivity contribution in [2.45, 2.75) is 0 Å². The minimum absolute atomic E-state index is 0.530. The fraction of sp³-hybridized carbons (Fsp3) is 0.167. The van der Waals surface area contributed by atoms with E-state index in [-0.39, 0.29) is 0 Å². The third-order valence-corrected chi connectivity index (χ3v) is 3.54. The average Bonchev–Trinajstić information content (AvgIpc) is 2.68. The minimum Gasteiger partial charge on any atom is -0.493 e. The Morgan fingerprint density at radius 1 is 0.808 bits per heavy atom. The molecule has 0 aliphatic rings. The number of pyridine rings is 1. The Morgan fingerprint density at radius 2 is 1.46 bits per heavy atom. The highest BCUT2D eigenvalue weighted by molar-refractivity contribution is 5.68. The number of anilines is 4. The van der Waals surface area contributed by atoms with Crippen molar-refractivity contribution in [1.29, 1.82) is 0 Å². The van der Waals surface area contributed by atoms with Gasteiger partial charge in [-0.05, 0) is 12.1 Å². The zero-order valence-corrected chi connectivity index (χ0v) is 14.7. The summed E-state index contributed by atoms with van der Waals surface area (Å²) in [4.78, 5) is 12.5. The molecule has 0 spiro atoms. The lowest BCUT2D eigenvalue weighted by molar-refractivity contribution is 0.324. The number of rotatable bonds is 7. The van der Waals surface area contributed by atoms with E-state index in [0.717, 1.165) is 11.4 Å². The summed E-state index contributed by atoms with van der Waals surface area (Å²) in [6.07, 6.45) is 4.90. The molecule has 0 fully saturated rings. The molecule has 26 heavy (non-hydrogen) atoms. The monoisotopic (exact) mass is 353 g/mol. The molecule has 2 N–H and O–H groups in total. The average molecular weight is 353 g/mol. The lowest BCUT2D eigenvalue weighted by Crippen LogP contribution is -2.00. The fourth-order valence-corrected chi connectivity index (χ4v) is 2.38. The number of hydrogen-bond donors (Lipinski definition) is 2. The molecule has 3 rings (SSSR count). The number of benzene rings is 1. The van der Waals surface area contributed by atoms with Gasteiger partial charge in [0.2, 0.25) is 5.75 Å². The first kappa shape index (κ1) is 17.3. The molecule has 0 amide bonds. The molecule has 0 aliphatic heterocycles. The van der Waals surface area contributed by atoms with Crippen molar-refractivity contribution in [2.24, 2.45) is 0 Å². The summed E-state index contributed by atoms with van der Waals surface area (Å²) in [6.45, 7) is 0. The first-order chi connectivity index (χ1) is 12.7. The SMILES string of the molecule is COc1cc(Nc2cc(Nc3cccnc3)ncn2)cc(OC)c1OC. The summed E-state index contributed by atoms with van der Waals surface area (Å²) >= 11 is 0. The van der Waals surface area contributed by atoms with Gasteiger partial charge in [-0.2, -0.15) is 0 Å². The fourth-order valence-electron chi connectivity index (χ4n) is 2.38. The van der Waals surface area contributed by atoms with Gasteiger partial charge in [0, 0.05) is 30.1 Å². The van der Waals surface area contributed by atoms with Gasteiger partial charge in [-0.3, -0.25) is 4.98 Å². The van der Waals surface area contributed by atoms with Crippen LogP contribution in [0.4, 0.5) is 23.0 Å². The standard InChI is InChI=1S/C18H19N5O3/c1-24-14-7-13(8-15(25-2)18(14)26-3)23-17-9-16(20-11-21-17)22-12-5-4-6-19-10-12/h4-11H,1-3H3,(H2,20,21,22,23). The minimum atomic E-state index is 0.530. The molecule has 1 aromatic carbocycles. The van der Waals surface area contributed by atoms with Crippen LogP contribution < -0.4 is 24.8 Å². The maximum atomic E-state index is 5.36. The number of nitrogens with zero attached hydrogens (tertiary/aromatic N) is 3. The van der Waals surface area contributed by atoms with Crippen molar-refractivity contribution in [3.8, 4) is 17.2 Å². The topological polar surface area (TPSA) is 90.4 Å². The van der Waals surface area contributed by atoms with E-state index >= 15 is 0 Å². The highest BCUT2D eigenvalue weighted by atomic mass is 16.5. The normalized spacial score (nSPS) is 10.1. The van der Waals surface area contributed by atoms with Crippen molar-refractivity contribution in [3.05, 3.63) is 49.1 Å². The quantitative estimate of drug-likeness (QED) is 0.668. The van der Waals surface area contributed by atoms with Crippen LogP contribution in [0.1, 0.15) is 0 Å². The molecule has 2 aromatic heterocycles. The number of nitrogens with one attached hydrogen (secondary N) is 2. The van der Waals surface area contributed by atoms with Crippen molar-refractivity contribution in [2.75, 3.05) is 32.0 Å². The summed E-state index contributed by atoms with van der Waals surface area (Å²) in [5.41, 5.74) is 1.58. The van der Waals surface area contributed by atoms with E-state index < -0.39 is 0 Å². The maximum Gasteiger partial charge on any atom is 0.203 e. The van der Waals surface area contributed by atoms with Crippen LogP contribution in [0.25, 0.3) is 0 Å². The van der Waals surface area contributed by atoms with Gasteiger partial charge in [0.05, 0.1) is 33.2 Å². The van der Waals surface area contributed by atoms with E-state index in [1.165, 1.54) is 6.33 Å². The Balaban J connectivity index is 1.84.